The summed E-state index contributed by atoms with van der Waals surface area (Å²) in [5.74, 6) is -0.653. The van der Waals surface area contributed by atoms with E-state index >= 15 is 0 Å². The van der Waals surface area contributed by atoms with E-state index in [0.29, 0.717) is 14.1 Å². The Morgan fingerprint density at radius 2 is 2.07 bits per heavy atom. The summed E-state index contributed by atoms with van der Waals surface area (Å²) in [7, 11) is 0. The number of para-hydroxylation sites is 1. The molecule has 1 aliphatic rings. The second kappa shape index (κ2) is 7.90. The minimum Gasteiger partial charge on any atom is -0.347 e. The average Bonchev–Trinajstić information content (AvgIpc) is 3.39. The molecule has 0 spiro atoms. The van der Waals surface area contributed by atoms with Gasteiger partial charge in [-0.05, 0) is 42.2 Å². The monoisotopic (exact) mass is 427 g/mol. The molecule has 4 rings (SSSR count). The Hall–Kier alpha value is -2.42. The van der Waals surface area contributed by atoms with Crippen LogP contribution in [-0.4, -0.2) is 25.7 Å². The van der Waals surface area contributed by atoms with Crippen molar-refractivity contribution >= 4 is 68.4 Å². The Labute approximate surface area is 176 Å². The molecule has 2 amide bonds. The van der Waals surface area contributed by atoms with E-state index in [-0.39, 0.29) is 11.8 Å². The summed E-state index contributed by atoms with van der Waals surface area (Å²) in [6.07, 6.45) is 4.94. The molecule has 0 atom stereocenters. The molecule has 0 aliphatic carbocycles. The van der Waals surface area contributed by atoms with Crippen LogP contribution in [0.2, 0.25) is 0 Å². The third-order valence-corrected chi connectivity index (χ3v) is 6.49. The number of thiocarbonyl (C=S) groups is 1. The van der Waals surface area contributed by atoms with Crippen LogP contribution < -0.4 is 5.43 Å². The zero-order valence-electron chi connectivity index (χ0n) is 15.0. The first kappa shape index (κ1) is 18.9. The van der Waals surface area contributed by atoms with Gasteiger partial charge < -0.3 is 4.57 Å². The number of fused-ring (bicyclic) bond motifs is 1. The van der Waals surface area contributed by atoms with Gasteiger partial charge in [-0.25, -0.2) is 0 Å². The van der Waals surface area contributed by atoms with Crippen molar-refractivity contribution in [3.63, 3.8) is 0 Å². The summed E-state index contributed by atoms with van der Waals surface area (Å²) in [6.45, 7) is 3.04. The van der Waals surface area contributed by atoms with Crippen molar-refractivity contribution in [2.75, 3.05) is 0 Å². The second-order valence-electron chi connectivity index (χ2n) is 6.23. The van der Waals surface area contributed by atoms with Gasteiger partial charge >= 0.3 is 0 Å². The number of nitrogens with one attached hydrogen (secondary N) is 1. The number of aryl methyl sites for hydroxylation is 1. The minimum absolute atomic E-state index is 0.313. The predicted octanol–water partition coefficient (Wildman–Crippen LogP) is 4.66. The molecule has 0 saturated carbocycles. The Bertz CT molecular complexity index is 1100. The van der Waals surface area contributed by atoms with Crippen LogP contribution in [0.4, 0.5) is 0 Å². The molecule has 8 heteroatoms. The van der Waals surface area contributed by atoms with Crippen molar-refractivity contribution in [3.8, 4) is 0 Å². The van der Waals surface area contributed by atoms with Gasteiger partial charge in [0, 0.05) is 29.2 Å². The number of nitrogens with zero attached hydrogens (tertiary/aromatic N) is 2. The quantitative estimate of drug-likeness (QED) is 0.475. The molecule has 1 aromatic carbocycles. The van der Waals surface area contributed by atoms with Gasteiger partial charge in [0.15, 0.2) is 4.32 Å². The van der Waals surface area contributed by atoms with Crippen LogP contribution >= 0.6 is 35.3 Å². The normalized spacial score (nSPS) is 15.8. The maximum atomic E-state index is 12.8. The van der Waals surface area contributed by atoms with Crippen LogP contribution in [-0.2, 0) is 11.3 Å². The number of benzene rings is 1. The fourth-order valence-corrected chi connectivity index (χ4v) is 4.87. The summed E-state index contributed by atoms with van der Waals surface area (Å²) in [5, 5.41) is 4.05. The maximum absolute atomic E-state index is 12.8. The lowest BCUT2D eigenvalue weighted by molar-refractivity contribution is -0.123. The third-order valence-electron chi connectivity index (χ3n) is 4.32. The molecule has 1 N–H and O–H groups in total. The summed E-state index contributed by atoms with van der Waals surface area (Å²) in [6, 6.07) is 11.6. The molecule has 0 unspecified atom stereocenters. The standard InChI is InChI=1S/C20H17N3O2S3/c1-2-9-22-12-13(14-6-3-4-7-15(14)22)11-17-19(25)23(20(26)28-17)21-18(24)16-8-5-10-27-16/h3-8,10-12H,2,9H2,1H3,(H,21,24)/b17-11-. The van der Waals surface area contributed by atoms with E-state index in [1.165, 1.54) is 23.1 Å². The first-order chi connectivity index (χ1) is 13.6. The van der Waals surface area contributed by atoms with Gasteiger partial charge in [-0.2, -0.15) is 5.01 Å². The number of amides is 2. The van der Waals surface area contributed by atoms with Crippen LogP contribution in [0.3, 0.4) is 0 Å². The molecule has 1 saturated heterocycles. The van der Waals surface area contributed by atoms with Crippen LogP contribution in [0.25, 0.3) is 17.0 Å². The fraction of sp³-hybridized carbons (Fsp3) is 0.150. The average molecular weight is 428 g/mol. The number of rotatable bonds is 5. The van der Waals surface area contributed by atoms with Crippen molar-refractivity contribution in [3.05, 3.63) is 63.3 Å². The SMILES string of the molecule is CCCn1cc(/C=C2\SC(=S)N(NC(=O)c3cccs3)C2=O)c2ccccc21. The number of hydrogen-bond acceptors (Lipinski definition) is 5. The molecule has 0 bridgehead atoms. The molecule has 3 heterocycles. The van der Waals surface area contributed by atoms with Gasteiger partial charge in [0.1, 0.15) is 0 Å². The topological polar surface area (TPSA) is 54.3 Å². The van der Waals surface area contributed by atoms with Gasteiger partial charge in [0.05, 0.1) is 9.78 Å². The summed E-state index contributed by atoms with van der Waals surface area (Å²) in [5.41, 5.74) is 4.71. The van der Waals surface area contributed by atoms with E-state index in [1.54, 1.807) is 12.1 Å². The van der Waals surface area contributed by atoms with E-state index in [0.717, 1.165) is 34.4 Å². The molecule has 1 fully saturated rings. The first-order valence-corrected chi connectivity index (χ1v) is 10.9. The van der Waals surface area contributed by atoms with Crippen LogP contribution in [0.1, 0.15) is 28.6 Å². The lowest BCUT2D eigenvalue weighted by atomic mass is 10.1. The molecule has 2 aromatic heterocycles. The van der Waals surface area contributed by atoms with Crippen LogP contribution in [0.5, 0.6) is 0 Å². The van der Waals surface area contributed by atoms with Crippen LogP contribution in [0.15, 0.2) is 52.9 Å². The number of thiophene rings is 1. The fourth-order valence-electron chi connectivity index (χ4n) is 3.09. The third kappa shape index (κ3) is 3.50. The highest BCUT2D eigenvalue weighted by Gasteiger charge is 2.34. The van der Waals surface area contributed by atoms with Crippen molar-refractivity contribution in [1.29, 1.82) is 0 Å². The van der Waals surface area contributed by atoms with Crippen molar-refractivity contribution < 1.29 is 9.59 Å². The van der Waals surface area contributed by atoms with E-state index in [4.69, 9.17) is 12.2 Å². The smallest absolute Gasteiger partial charge is 0.285 e. The summed E-state index contributed by atoms with van der Waals surface area (Å²) < 4.78 is 2.51. The molecule has 0 radical (unpaired) electrons. The van der Waals surface area contributed by atoms with Gasteiger partial charge in [-0.15, -0.1) is 11.3 Å². The number of aromatic nitrogens is 1. The number of carbonyl (C=O) groups is 2. The molecular weight excluding hydrogens is 410 g/mol. The van der Waals surface area contributed by atoms with Crippen molar-refractivity contribution in [2.45, 2.75) is 19.9 Å². The number of thioether (sulfide) groups is 1. The Morgan fingerprint density at radius 1 is 1.25 bits per heavy atom. The van der Waals surface area contributed by atoms with Gasteiger partial charge in [-0.3, -0.25) is 15.0 Å². The molecular formula is C20H17N3O2S3. The lowest BCUT2D eigenvalue weighted by Gasteiger charge is -2.14. The first-order valence-electron chi connectivity index (χ1n) is 8.79. The molecule has 3 aromatic rings. The highest BCUT2D eigenvalue weighted by molar-refractivity contribution is 8.26. The minimum atomic E-state index is -0.341. The van der Waals surface area contributed by atoms with Gasteiger partial charge in [-0.1, -0.05) is 43.0 Å². The lowest BCUT2D eigenvalue weighted by Crippen LogP contribution is -2.44. The van der Waals surface area contributed by atoms with Gasteiger partial charge in [0.2, 0.25) is 0 Å². The number of hydrazine groups is 1. The van der Waals surface area contributed by atoms with E-state index in [1.807, 2.05) is 29.7 Å². The molecule has 28 heavy (non-hydrogen) atoms. The highest BCUT2D eigenvalue weighted by atomic mass is 32.2. The molecule has 1 aliphatic heterocycles. The van der Waals surface area contributed by atoms with Crippen molar-refractivity contribution in [2.24, 2.45) is 0 Å². The Kier molecular flexibility index (Phi) is 5.34. The van der Waals surface area contributed by atoms with Crippen molar-refractivity contribution in [1.82, 2.24) is 15.0 Å². The highest BCUT2D eigenvalue weighted by Crippen LogP contribution is 2.33. The van der Waals surface area contributed by atoms with Gasteiger partial charge in [0.25, 0.3) is 11.8 Å². The zero-order chi connectivity index (χ0) is 19.7. The number of carbonyl (C=O) groups excluding carboxylic acids is 2. The molecule has 142 valence electrons. The van der Waals surface area contributed by atoms with E-state index < -0.39 is 0 Å². The Balaban J connectivity index is 1.63. The predicted molar refractivity (Wildman–Crippen MR) is 119 cm³/mol. The Morgan fingerprint density at radius 3 is 2.82 bits per heavy atom. The second-order valence-corrected chi connectivity index (χ2v) is 8.85. The maximum Gasteiger partial charge on any atom is 0.285 e. The van der Waals surface area contributed by atoms with E-state index in [2.05, 4.69) is 29.2 Å². The summed E-state index contributed by atoms with van der Waals surface area (Å²) in [4.78, 5) is 26.1. The van der Waals surface area contributed by atoms with Crippen LogP contribution in [0, 0.1) is 0 Å². The largest absolute Gasteiger partial charge is 0.347 e. The van der Waals surface area contributed by atoms with E-state index in [9.17, 15) is 9.59 Å². The summed E-state index contributed by atoms with van der Waals surface area (Å²) >= 11 is 7.82. The molecule has 5 nitrogen and oxygen atoms in total. The zero-order valence-corrected chi connectivity index (χ0v) is 17.5. The number of hydrogen-bond donors (Lipinski definition) is 1.